The van der Waals surface area contributed by atoms with Crippen LogP contribution in [0.5, 0.6) is 5.75 Å². The number of halogens is 1. The van der Waals surface area contributed by atoms with Crippen LogP contribution in [0.3, 0.4) is 0 Å². The molecular weight excluding hydrogens is 372 g/mol. The van der Waals surface area contributed by atoms with Gasteiger partial charge in [-0.2, -0.15) is 0 Å². The van der Waals surface area contributed by atoms with Gasteiger partial charge in [-0.15, -0.1) is 12.4 Å². The van der Waals surface area contributed by atoms with Gasteiger partial charge in [0.1, 0.15) is 12.4 Å². The number of ether oxygens (including phenoxy) is 1. The predicted molar refractivity (Wildman–Crippen MR) is 117 cm³/mol. The number of nitrogens with one attached hydrogen (secondary N) is 2. The standard InChI is InChI=1S/C23H30N2O2.ClH/c1-18(20-10-7-13-24-17-20)16-23(26)25-14-15-27-22-12-6-5-11-21(22)19-8-3-2-4-9-19;/h2-6,8-9,11-12,18,20,24H,7,10,13-17H2,1H3,(H,25,26);1H. The third kappa shape index (κ3) is 6.54. The molecule has 152 valence electrons. The molecule has 0 radical (unpaired) electrons. The van der Waals surface area contributed by atoms with Gasteiger partial charge in [0.2, 0.25) is 5.91 Å². The fourth-order valence-electron chi connectivity index (χ4n) is 3.70. The summed E-state index contributed by atoms with van der Waals surface area (Å²) < 4.78 is 5.94. The number of rotatable bonds is 8. The molecule has 1 amide bonds. The van der Waals surface area contributed by atoms with Crippen molar-refractivity contribution in [1.82, 2.24) is 10.6 Å². The van der Waals surface area contributed by atoms with Crippen LogP contribution in [0.2, 0.25) is 0 Å². The number of benzene rings is 2. The second kappa shape index (κ2) is 11.7. The van der Waals surface area contributed by atoms with Gasteiger partial charge in [-0.05, 0) is 49.4 Å². The molecule has 2 aromatic rings. The number of carbonyl (C=O) groups excluding carboxylic acids is 1. The molecule has 0 saturated carbocycles. The first-order chi connectivity index (χ1) is 13.2. The van der Waals surface area contributed by atoms with Gasteiger partial charge in [0, 0.05) is 12.0 Å². The predicted octanol–water partition coefficient (Wildman–Crippen LogP) is 4.30. The largest absolute Gasteiger partial charge is 0.491 e. The zero-order valence-corrected chi connectivity index (χ0v) is 17.3. The molecule has 2 atom stereocenters. The van der Waals surface area contributed by atoms with Gasteiger partial charge in [-0.3, -0.25) is 4.79 Å². The van der Waals surface area contributed by atoms with E-state index in [9.17, 15) is 4.79 Å². The third-order valence-electron chi connectivity index (χ3n) is 5.30. The number of carbonyl (C=O) groups is 1. The van der Waals surface area contributed by atoms with Gasteiger partial charge in [0.15, 0.2) is 0 Å². The van der Waals surface area contributed by atoms with Crippen molar-refractivity contribution in [3.05, 3.63) is 54.6 Å². The van der Waals surface area contributed by atoms with Gasteiger partial charge in [-0.1, -0.05) is 55.5 Å². The van der Waals surface area contributed by atoms with Gasteiger partial charge >= 0.3 is 0 Å². The average molecular weight is 403 g/mol. The van der Waals surface area contributed by atoms with Crippen LogP contribution in [0, 0.1) is 11.8 Å². The Balaban J connectivity index is 0.00000280. The van der Waals surface area contributed by atoms with E-state index in [0.29, 0.717) is 31.4 Å². The minimum absolute atomic E-state index is 0. The molecule has 28 heavy (non-hydrogen) atoms. The van der Waals surface area contributed by atoms with Crippen LogP contribution in [0.1, 0.15) is 26.2 Å². The maximum Gasteiger partial charge on any atom is 0.220 e. The monoisotopic (exact) mass is 402 g/mol. The SMILES string of the molecule is CC(CC(=O)NCCOc1ccccc1-c1ccccc1)C1CCCNC1.Cl. The first-order valence-electron chi connectivity index (χ1n) is 9.98. The lowest BCUT2D eigenvalue weighted by Gasteiger charge is -2.28. The van der Waals surface area contributed by atoms with E-state index in [1.165, 1.54) is 12.8 Å². The van der Waals surface area contributed by atoms with Gasteiger partial charge < -0.3 is 15.4 Å². The lowest BCUT2D eigenvalue weighted by molar-refractivity contribution is -0.122. The summed E-state index contributed by atoms with van der Waals surface area (Å²) in [4.78, 5) is 12.2. The first-order valence-corrected chi connectivity index (χ1v) is 9.98. The fourth-order valence-corrected chi connectivity index (χ4v) is 3.70. The Kier molecular flexibility index (Phi) is 9.32. The van der Waals surface area contributed by atoms with E-state index in [2.05, 4.69) is 35.8 Å². The molecule has 0 spiro atoms. The summed E-state index contributed by atoms with van der Waals surface area (Å²) in [5.41, 5.74) is 2.20. The number of amides is 1. The van der Waals surface area contributed by atoms with Gasteiger partial charge in [0.05, 0.1) is 6.54 Å². The minimum Gasteiger partial charge on any atom is -0.491 e. The smallest absolute Gasteiger partial charge is 0.220 e. The number of para-hydroxylation sites is 1. The van der Waals surface area contributed by atoms with Crippen LogP contribution >= 0.6 is 12.4 Å². The van der Waals surface area contributed by atoms with Crippen LogP contribution < -0.4 is 15.4 Å². The fraction of sp³-hybridized carbons (Fsp3) is 0.435. The summed E-state index contributed by atoms with van der Waals surface area (Å²) in [5.74, 6) is 1.99. The maximum atomic E-state index is 12.2. The highest BCUT2D eigenvalue weighted by Crippen LogP contribution is 2.29. The highest BCUT2D eigenvalue weighted by molar-refractivity contribution is 5.85. The second-order valence-electron chi connectivity index (χ2n) is 7.35. The Labute approximate surface area is 174 Å². The Morgan fingerprint density at radius 2 is 1.93 bits per heavy atom. The summed E-state index contributed by atoms with van der Waals surface area (Å²) in [7, 11) is 0. The molecule has 1 saturated heterocycles. The topological polar surface area (TPSA) is 50.4 Å². The molecule has 0 bridgehead atoms. The van der Waals surface area contributed by atoms with Crippen LogP contribution in [-0.4, -0.2) is 32.1 Å². The van der Waals surface area contributed by atoms with E-state index in [1.807, 2.05) is 36.4 Å². The second-order valence-corrected chi connectivity index (χ2v) is 7.35. The Morgan fingerprint density at radius 1 is 1.18 bits per heavy atom. The normalized spacial score (nSPS) is 17.2. The molecule has 1 aliphatic rings. The Morgan fingerprint density at radius 3 is 2.68 bits per heavy atom. The van der Waals surface area contributed by atoms with Crippen molar-refractivity contribution in [1.29, 1.82) is 0 Å². The quantitative estimate of drug-likeness (QED) is 0.647. The van der Waals surface area contributed by atoms with Crippen molar-refractivity contribution < 1.29 is 9.53 Å². The molecule has 0 aliphatic carbocycles. The summed E-state index contributed by atoms with van der Waals surface area (Å²) in [6.45, 7) is 5.32. The molecule has 4 nitrogen and oxygen atoms in total. The first kappa shape index (κ1) is 22.3. The molecule has 1 aliphatic heterocycles. The van der Waals surface area contributed by atoms with Crippen LogP contribution in [0.15, 0.2) is 54.6 Å². The maximum absolute atomic E-state index is 12.2. The van der Waals surface area contributed by atoms with Crippen molar-refractivity contribution >= 4 is 18.3 Å². The minimum atomic E-state index is 0. The van der Waals surface area contributed by atoms with E-state index in [-0.39, 0.29) is 18.3 Å². The summed E-state index contributed by atoms with van der Waals surface area (Å²) in [6.07, 6.45) is 3.03. The molecule has 5 heteroatoms. The van der Waals surface area contributed by atoms with E-state index in [4.69, 9.17) is 4.74 Å². The van der Waals surface area contributed by atoms with E-state index in [1.54, 1.807) is 0 Å². The van der Waals surface area contributed by atoms with Gasteiger partial charge in [0.25, 0.3) is 0 Å². The van der Waals surface area contributed by atoms with Crippen LogP contribution in [-0.2, 0) is 4.79 Å². The molecule has 3 rings (SSSR count). The van der Waals surface area contributed by atoms with Crippen molar-refractivity contribution in [2.24, 2.45) is 11.8 Å². The van der Waals surface area contributed by atoms with Crippen molar-refractivity contribution in [2.75, 3.05) is 26.2 Å². The number of piperidine rings is 1. The molecule has 2 aromatic carbocycles. The zero-order valence-electron chi connectivity index (χ0n) is 16.5. The molecule has 2 unspecified atom stereocenters. The molecule has 1 fully saturated rings. The van der Waals surface area contributed by atoms with E-state index >= 15 is 0 Å². The summed E-state index contributed by atoms with van der Waals surface area (Å²) >= 11 is 0. The number of hydrogen-bond acceptors (Lipinski definition) is 3. The van der Waals surface area contributed by atoms with Gasteiger partial charge in [-0.25, -0.2) is 0 Å². The lowest BCUT2D eigenvalue weighted by atomic mass is 9.85. The van der Waals surface area contributed by atoms with E-state index in [0.717, 1.165) is 30.0 Å². The zero-order chi connectivity index (χ0) is 18.9. The Bertz CT molecular complexity index is 718. The summed E-state index contributed by atoms with van der Waals surface area (Å²) in [6, 6.07) is 18.2. The van der Waals surface area contributed by atoms with Crippen molar-refractivity contribution in [3.63, 3.8) is 0 Å². The summed E-state index contributed by atoms with van der Waals surface area (Å²) in [5, 5.41) is 6.42. The highest BCUT2D eigenvalue weighted by atomic mass is 35.5. The van der Waals surface area contributed by atoms with Crippen LogP contribution in [0.25, 0.3) is 11.1 Å². The molecule has 2 N–H and O–H groups in total. The van der Waals surface area contributed by atoms with E-state index < -0.39 is 0 Å². The molecular formula is C23H31ClN2O2. The third-order valence-corrected chi connectivity index (χ3v) is 5.30. The lowest BCUT2D eigenvalue weighted by Crippen LogP contribution is -2.36. The molecule has 0 aromatic heterocycles. The highest BCUT2D eigenvalue weighted by Gasteiger charge is 2.21. The van der Waals surface area contributed by atoms with Crippen molar-refractivity contribution in [2.45, 2.75) is 26.2 Å². The molecule has 1 heterocycles. The van der Waals surface area contributed by atoms with Crippen molar-refractivity contribution in [3.8, 4) is 16.9 Å². The average Bonchev–Trinajstić information content (AvgIpc) is 2.73. The number of hydrogen-bond donors (Lipinski definition) is 2. The Hall–Kier alpha value is -2.04. The van der Waals surface area contributed by atoms with Crippen LogP contribution in [0.4, 0.5) is 0 Å².